The SMILES string of the molecule is COc1ccccc1C=C[C@@H]1C[C@H]2CN(Cc3ccccc3C)C(=O)[C@]23CCCN13. The minimum atomic E-state index is -0.279. The smallest absolute Gasteiger partial charge is 0.243 e. The van der Waals surface area contributed by atoms with E-state index in [4.69, 9.17) is 4.74 Å². The lowest BCUT2D eigenvalue weighted by Gasteiger charge is -2.32. The monoisotopic (exact) mass is 402 g/mol. The summed E-state index contributed by atoms with van der Waals surface area (Å²) >= 11 is 0. The van der Waals surface area contributed by atoms with E-state index in [1.807, 2.05) is 18.2 Å². The van der Waals surface area contributed by atoms with Crippen LogP contribution in [0.3, 0.4) is 0 Å². The molecular formula is C26H30N2O2. The summed E-state index contributed by atoms with van der Waals surface area (Å²) in [6.07, 6.45) is 7.63. The van der Waals surface area contributed by atoms with E-state index in [-0.39, 0.29) is 5.54 Å². The van der Waals surface area contributed by atoms with E-state index < -0.39 is 0 Å². The van der Waals surface area contributed by atoms with Gasteiger partial charge in [0.15, 0.2) is 0 Å². The van der Waals surface area contributed by atoms with Crippen molar-refractivity contribution in [1.82, 2.24) is 9.80 Å². The van der Waals surface area contributed by atoms with Crippen molar-refractivity contribution in [3.8, 4) is 5.75 Å². The van der Waals surface area contributed by atoms with E-state index >= 15 is 0 Å². The molecule has 0 N–H and O–H groups in total. The number of carbonyl (C=O) groups excluding carboxylic acids is 1. The van der Waals surface area contributed by atoms with E-state index in [1.165, 1.54) is 11.1 Å². The van der Waals surface area contributed by atoms with Crippen LogP contribution in [0.15, 0.2) is 54.6 Å². The average Bonchev–Trinajstić information content (AvgIpc) is 3.39. The second-order valence-electron chi connectivity index (χ2n) is 8.93. The Morgan fingerprint density at radius 1 is 1.17 bits per heavy atom. The third-order valence-corrected chi connectivity index (χ3v) is 7.43. The number of likely N-dealkylation sites (tertiary alicyclic amines) is 1. The van der Waals surface area contributed by atoms with Gasteiger partial charge >= 0.3 is 0 Å². The second-order valence-corrected chi connectivity index (χ2v) is 8.93. The molecular weight excluding hydrogens is 372 g/mol. The number of benzene rings is 2. The highest BCUT2D eigenvalue weighted by Gasteiger charge is 2.64. The van der Waals surface area contributed by atoms with Gasteiger partial charge in [-0.25, -0.2) is 0 Å². The van der Waals surface area contributed by atoms with E-state index in [9.17, 15) is 4.79 Å². The molecule has 2 aromatic carbocycles. The van der Waals surface area contributed by atoms with E-state index in [2.05, 4.69) is 59.2 Å². The molecule has 3 atom stereocenters. The number of hydrogen-bond donors (Lipinski definition) is 0. The molecule has 30 heavy (non-hydrogen) atoms. The van der Waals surface area contributed by atoms with Gasteiger partial charge in [-0.05, 0) is 49.9 Å². The number of aryl methyl sites for hydroxylation is 1. The summed E-state index contributed by atoms with van der Waals surface area (Å²) in [5.74, 6) is 1.66. The zero-order valence-electron chi connectivity index (χ0n) is 17.9. The Morgan fingerprint density at radius 2 is 1.97 bits per heavy atom. The molecule has 1 amide bonds. The normalized spacial score (nSPS) is 28.3. The van der Waals surface area contributed by atoms with Gasteiger partial charge in [-0.1, -0.05) is 54.6 Å². The molecule has 4 heteroatoms. The first kappa shape index (κ1) is 19.4. The van der Waals surface area contributed by atoms with Crippen molar-refractivity contribution < 1.29 is 9.53 Å². The van der Waals surface area contributed by atoms with Gasteiger partial charge < -0.3 is 9.64 Å². The predicted molar refractivity (Wildman–Crippen MR) is 119 cm³/mol. The zero-order chi connectivity index (χ0) is 20.7. The fourth-order valence-electron chi connectivity index (χ4n) is 5.96. The van der Waals surface area contributed by atoms with Gasteiger partial charge in [0.2, 0.25) is 5.91 Å². The molecule has 156 valence electrons. The average molecular weight is 403 g/mol. The van der Waals surface area contributed by atoms with Crippen LogP contribution in [0.1, 0.15) is 36.0 Å². The highest BCUT2D eigenvalue weighted by Crippen LogP contribution is 2.52. The van der Waals surface area contributed by atoms with Crippen molar-refractivity contribution in [3.63, 3.8) is 0 Å². The minimum Gasteiger partial charge on any atom is -0.496 e. The van der Waals surface area contributed by atoms with Gasteiger partial charge in [-0.2, -0.15) is 0 Å². The van der Waals surface area contributed by atoms with Crippen molar-refractivity contribution in [2.45, 2.75) is 44.3 Å². The molecule has 1 spiro atoms. The van der Waals surface area contributed by atoms with Crippen LogP contribution in [-0.2, 0) is 11.3 Å². The van der Waals surface area contributed by atoms with Crippen LogP contribution in [0.25, 0.3) is 6.08 Å². The number of ether oxygens (including phenoxy) is 1. The number of methoxy groups -OCH3 is 1. The van der Waals surface area contributed by atoms with Crippen molar-refractivity contribution in [2.24, 2.45) is 5.92 Å². The van der Waals surface area contributed by atoms with Gasteiger partial charge in [0.25, 0.3) is 0 Å². The molecule has 0 saturated carbocycles. The first-order valence-corrected chi connectivity index (χ1v) is 11.1. The van der Waals surface area contributed by atoms with Crippen LogP contribution in [0.4, 0.5) is 0 Å². The zero-order valence-corrected chi connectivity index (χ0v) is 17.9. The standard InChI is InChI=1S/C26H30N2O2/c1-19-8-3-4-10-21(19)17-27-18-22-16-23(28-15-7-14-26(22,28)25(27)29)13-12-20-9-5-6-11-24(20)30-2/h3-6,8-13,22-23H,7,14-18H2,1-2H3/t22-,23+,26-/m0/s1. The van der Waals surface area contributed by atoms with Gasteiger partial charge in [0.1, 0.15) is 11.3 Å². The first-order valence-electron chi connectivity index (χ1n) is 11.1. The van der Waals surface area contributed by atoms with Crippen molar-refractivity contribution in [3.05, 3.63) is 71.3 Å². The van der Waals surface area contributed by atoms with Crippen LogP contribution in [0.2, 0.25) is 0 Å². The molecule has 0 aromatic heterocycles. The van der Waals surface area contributed by atoms with Gasteiger partial charge in [-0.3, -0.25) is 9.69 Å². The lowest BCUT2D eigenvalue weighted by Crippen LogP contribution is -2.50. The van der Waals surface area contributed by atoms with Crippen LogP contribution in [-0.4, -0.2) is 47.5 Å². The Kier molecular flexibility index (Phi) is 4.90. The number of para-hydroxylation sites is 1. The highest BCUT2D eigenvalue weighted by molar-refractivity contribution is 5.90. The molecule has 3 aliphatic heterocycles. The Hall–Kier alpha value is -2.59. The molecule has 0 aliphatic carbocycles. The Bertz CT molecular complexity index is 985. The van der Waals surface area contributed by atoms with Crippen LogP contribution < -0.4 is 4.74 Å². The van der Waals surface area contributed by atoms with Gasteiger partial charge in [0.05, 0.1) is 7.11 Å². The van der Waals surface area contributed by atoms with Crippen LogP contribution in [0.5, 0.6) is 5.75 Å². The Morgan fingerprint density at radius 3 is 2.80 bits per heavy atom. The van der Waals surface area contributed by atoms with Gasteiger partial charge in [0, 0.05) is 30.6 Å². The summed E-state index contributed by atoms with van der Waals surface area (Å²) in [4.78, 5) is 18.3. The maximum absolute atomic E-state index is 13.7. The largest absolute Gasteiger partial charge is 0.496 e. The number of nitrogens with zero attached hydrogens (tertiary/aromatic N) is 2. The fourth-order valence-corrected chi connectivity index (χ4v) is 5.96. The number of amides is 1. The summed E-state index contributed by atoms with van der Waals surface area (Å²) in [6.45, 7) is 4.76. The van der Waals surface area contributed by atoms with Crippen LogP contribution >= 0.6 is 0 Å². The predicted octanol–water partition coefficient (Wildman–Crippen LogP) is 4.28. The molecule has 0 bridgehead atoms. The van der Waals surface area contributed by atoms with Crippen LogP contribution in [0, 0.1) is 12.8 Å². The van der Waals surface area contributed by atoms with Crippen molar-refractivity contribution in [2.75, 3.05) is 20.2 Å². The van der Waals surface area contributed by atoms with E-state index in [0.717, 1.165) is 50.2 Å². The van der Waals surface area contributed by atoms with E-state index in [0.29, 0.717) is 17.9 Å². The minimum absolute atomic E-state index is 0.279. The molecule has 5 rings (SSSR count). The molecule has 4 nitrogen and oxygen atoms in total. The summed E-state index contributed by atoms with van der Waals surface area (Å²) in [7, 11) is 1.71. The molecule has 0 radical (unpaired) electrons. The summed E-state index contributed by atoms with van der Waals surface area (Å²) in [6, 6.07) is 16.9. The second kappa shape index (κ2) is 7.59. The lowest BCUT2D eigenvalue weighted by molar-refractivity contribution is -0.137. The lowest BCUT2D eigenvalue weighted by atomic mass is 9.85. The molecule has 0 unspecified atom stereocenters. The Labute approximate surface area is 179 Å². The van der Waals surface area contributed by atoms with Crippen molar-refractivity contribution in [1.29, 1.82) is 0 Å². The molecule has 2 aromatic rings. The molecule has 3 heterocycles. The quantitative estimate of drug-likeness (QED) is 0.748. The van der Waals surface area contributed by atoms with Gasteiger partial charge in [-0.15, -0.1) is 0 Å². The summed E-state index contributed by atoms with van der Waals surface area (Å²) < 4.78 is 5.49. The van der Waals surface area contributed by atoms with Crippen molar-refractivity contribution >= 4 is 12.0 Å². The highest BCUT2D eigenvalue weighted by atomic mass is 16.5. The Balaban J connectivity index is 1.37. The number of hydrogen-bond acceptors (Lipinski definition) is 3. The first-order chi connectivity index (χ1) is 14.6. The number of carbonyl (C=O) groups is 1. The number of rotatable bonds is 5. The molecule has 3 fully saturated rings. The third-order valence-electron chi connectivity index (χ3n) is 7.43. The fraction of sp³-hybridized carbons (Fsp3) is 0.423. The topological polar surface area (TPSA) is 32.8 Å². The maximum atomic E-state index is 13.7. The summed E-state index contributed by atoms with van der Waals surface area (Å²) in [5.41, 5.74) is 3.34. The van der Waals surface area contributed by atoms with E-state index in [1.54, 1.807) is 7.11 Å². The summed E-state index contributed by atoms with van der Waals surface area (Å²) in [5, 5.41) is 0. The molecule has 3 aliphatic rings. The third kappa shape index (κ3) is 2.97. The maximum Gasteiger partial charge on any atom is 0.243 e. The molecule has 3 saturated heterocycles.